The Balaban J connectivity index is 2.15. The zero-order valence-corrected chi connectivity index (χ0v) is 21.8. The molecule has 34 heavy (non-hydrogen) atoms. The Morgan fingerprint density at radius 3 is 1.47 bits per heavy atom. The molecule has 0 aromatic heterocycles. The highest BCUT2D eigenvalue weighted by atomic mass is 19.2. The van der Waals surface area contributed by atoms with Gasteiger partial charge in [0.2, 0.25) is 0 Å². The molecule has 1 rings (SSSR count). The number of rotatable bonds is 21. The summed E-state index contributed by atoms with van der Waals surface area (Å²) in [5.41, 5.74) is -0.383. The quantitative estimate of drug-likeness (QED) is 0.126. The van der Waals surface area contributed by atoms with E-state index < -0.39 is 23.4 Å². The van der Waals surface area contributed by atoms with Crippen molar-refractivity contribution in [3.8, 4) is 0 Å². The van der Waals surface area contributed by atoms with Crippen molar-refractivity contribution in [3.05, 3.63) is 35.1 Å². The molecule has 0 aliphatic carbocycles. The molecule has 0 bridgehead atoms. The number of carbonyl (C=O) groups is 1. The molecular weight excluding hydrogens is 435 g/mol. The van der Waals surface area contributed by atoms with Crippen molar-refractivity contribution in [1.29, 1.82) is 0 Å². The van der Waals surface area contributed by atoms with E-state index in [1.54, 1.807) is 4.90 Å². The van der Waals surface area contributed by atoms with E-state index in [2.05, 4.69) is 6.92 Å². The van der Waals surface area contributed by atoms with Gasteiger partial charge in [0, 0.05) is 13.1 Å². The van der Waals surface area contributed by atoms with Gasteiger partial charge in [-0.1, -0.05) is 117 Å². The summed E-state index contributed by atoms with van der Waals surface area (Å²) in [6.07, 6.45) is 22.2. The van der Waals surface area contributed by atoms with Crippen molar-refractivity contribution in [3.63, 3.8) is 0 Å². The second-order valence-corrected chi connectivity index (χ2v) is 9.67. The van der Waals surface area contributed by atoms with Crippen LogP contribution < -0.4 is 0 Å². The van der Waals surface area contributed by atoms with Gasteiger partial charge in [0.15, 0.2) is 17.5 Å². The van der Waals surface area contributed by atoms with Crippen molar-refractivity contribution < 1.29 is 18.0 Å². The molecule has 1 aromatic carbocycles. The van der Waals surface area contributed by atoms with Crippen LogP contribution in [-0.2, 0) is 0 Å². The second-order valence-electron chi connectivity index (χ2n) is 9.67. The standard InChI is InChI=1S/C29H48F3NO/c1-3-5-7-8-9-10-11-12-13-14-15-16-17-18-19-20-24-33(23-6-4-2)29(34)25-21-22-26(30)28(32)27(25)31/h21-22H,3-20,23-24H2,1-2H3. The third kappa shape index (κ3) is 12.8. The predicted molar refractivity (Wildman–Crippen MR) is 137 cm³/mol. The van der Waals surface area contributed by atoms with Crippen molar-refractivity contribution in [2.24, 2.45) is 0 Å². The number of hydrogen-bond acceptors (Lipinski definition) is 1. The van der Waals surface area contributed by atoms with Crippen molar-refractivity contribution in [2.45, 2.75) is 129 Å². The molecule has 0 atom stereocenters. The third-order valence-corrected chi connectivity index (χ3v) is 6.62. The van der Waals surface area contributed by atoms with Gasteiger partial charge in [0.05, 0.1) is 5.56 Å². The number of nitrogens with zero attached hydrogens (tertiary/aromatic N) is 1. The van der Waals surface area contributed by atoms with E-state index in [1.807, 2.05) is 6.92 Å². The fourth-order valence-corrected chi connectivity index (χ4v) is 4.38. The minimum atomic E-state index is -1.58. The number of halogens is 3. The van der Waals surface area contributed by atoms with Crippen LogP contribution in [0, 0.1) is 17.5 Å². The summed E-state index contributed by atoms with van der Waals surface area (Å²) in [5.74, 6) is -4.79. The third-order valence-electron chi connectivity index (χ3n) is 6.62. The summed E-state index contributed by atoms with van der Waals surface area (Å²) in [4.78, 5) is 14.3. The molecule has 0 fully saturated rings. The maximum atomic E-state index is 14.1. The van der Waals surface area contributed by atoms with Crippen LogP contribution >= 0.6 is 0 Å². The smallest absolute Gasteiger partial charge is 0.256 e. The van der Waals surface area contributed by atoms with Gasteiger partial charge in [-0.15, -0.1) is 0 Å². The first kappa shape index (κ1) is 30.5. The zero-order chi connectivity index (χ0) is 25.0. The summed E-state index contributed by atoms with van der Waals surface area (Å²) in [6, 6.07) is 1.86. The second kappa shape index (κ2) is 19.8. The molecule has 0 aliphatic heterocycles. The first-order valence-electron chi connectivity index (χ1n) is 14.0. The molecule has 1 aromatic rings. The van der Waals surface area contributed by atoms with Gasteiger partial charge in [0.25, 0.3) is 5.91 Å². The number of benzene rings is 1. The number of carbonyl (C=O) groups excluding carboxylic acids is 1. The van der Waals surface area contributed by atoms with Crippen molar-refractivity contribution >= 4 is 5.91 Å². The lowest BCUT2D eigenvalue weighted by Crippen LogP contribution is -2.33. The molecule has 0 heterocycles. The number of hydrogen-bond donors (Lipinski definition) is 0. The minimum absolute atomic E-state index is 0.383. The lowest BCUT2D eigenvalue weighted by molar-refractivity contribution is 0.0744. The molecule has 1 amide bonds. The van der Waals surface area contributed by atoms with E-state index in [0.717, 1.165) is 44.2 Å². The Morgan fingerprint density at radius 2 is 1.00 bits per heavy atom. The molecule has 0 radical (unpaired) electrons. The highest BCUT2D eigenvalue weighted by Gasteiger charge is 2.22. The van der Waals surface area contributed by atoms with Crippen molar-refractivity contribution in [1.82, 2.24) is 4.90 Å². The van der Waals surface area contributed by atoms with Crippen LogP contribution in [0.3, 0.4) is 0 Å². The molecule has 196 valence electrons. The van der Waals surface area contributed by atoms with Gasteiger partial charge < -0.3 is 4.90 Å². The van der Waals surface area contributed by atoms with Crippen LogP contribution in [0.4, 0.5) is 13.2 Å². The molecule has 2 nitrogen and oxygen atoms in total. The van der Waals surface area contributed by atoms with Gasteiger partial charge in [-0.05, 0) is 25.0 Å². The average molecular weight is 484 g/mol. The SMILES string of the molecule is CCCCCCCCCCCCCCCCCCN(CCCC)C(=O)c1ccc(F)c(F)c1F. The first-order chi connectivity index (χ1) is 16.5. The zero-order valence-electron chi connectivity index (χ0n) is 21.8. The van der Waals surface area contributed by atoms with Crippen LogP contribution in [0.5, 0.6) is 0 Å². The van der Waals surface area contributed by atoms with E-state index >= 15 is 0 Å². The fourth-order valence-electron chi connectivity index (χ4n) is 4.38. The highest BCUT2D eigenvalue weighted by Crippen LogP contribution is 2.18. The predicted octanol–water partition coefficient (Wildman–Crippen LogP) is 9.61. The Morgan fingerprint density at radius 1 is 0.588 bits per heavy atom. The molecule has 0 N–H and O–H groups in total. The Bertz CT molecular complexity index is 665. The Kier molecular flexibility index (Phi) is 17.7. The Hall–Kier alpha value is -1.52. The van der Waals surface area contributed by atoms with Crippen LogP contribution in [0.2, 0.25) is 0 Å². The van der Waals surface area contributed by atoms with Crippen LogP contribution in [-0.4, -0.2) is 23.9 Å². The normalized spacial score (nSPS) is 11.2. The maximum Gasteiger partial charge on any atom is 0.256 e. The van der Waals surface area contributed by atoms with E-state index in [4.69, 9.17) is 0 Å². The molecule has 0 saturated carbocycles. The van der Waals surface area contributed by atoms with Crippen LogP contribution in [0.15, 0.2) is 12.1 Å². The van der Waals surface area contributed by atoms with Gasteiger partial charge in [0.1, 0.15) is 0 Å². The van der Waals surface area contributed by atoms with Gasteiger partial charge in [-0.3, -0.25) is 4.79 Å². The lowest BCUT2D eigenvalue weighted by atomic mass is 10.0. The van der Waals surface area contributed by atoms with Gasteiger partial charge in [-0.25, -0.2) is 13.2 Å². The van der Waals surface area contributed by atoms with Crippen molar-refractivity contribution in [2.75, 3.05) is 13.1 Å². The lowest BCUT2D eigenvalue weighted by Gasteiger charge is -2.23. The van der Waals surface area contributed by atoms with Crippen LogP contribution in [0.1, 0.15) is 140 Å². The first-order valence-corrected chi connectivity index (χ1v) is 14.0. The Labute approximate surface area is 206 Å². The summed E-state index contributed by atoms with van der Waals surface area (Å²) in [7, 11) is 0. The summed E-state index contributed by atoms with van der Waals surface area (Å²) < 4.78 is 40.8. The molecular formula is C29H48F3NO. The molecule has 0 saturated heterocycles. The summed E-state index contributed by atoms with van der Waals surface area (Å²) in [6.45, 7) is 5.31. The highest BCUT2D eigenvalue weighted by molar-refractivity contribution is 5.94. The van der Waals surface area contributed by atoms with Gasteiger partial charge in [-0.2, -0.15) is 0 Å². The number of unbranched alkanes of at least 4 members (excludes halogenated alkanes) is 16. The largest absolute Gasteiger partial charge is 0.339 e. The topological polar surface area (TPSA) is 20.3 Å². The fraction of sp³-hybridized carbons (Fsp3) is 0.759. The number of amides is 1. The average Bonchev–Trinajstić information content (AvgIpc) is 2.83. The van der Waals surface area contributed by atoms with E-state index in [0.29, 0.717) is 13.1 Å². The summed E-state index contributed by atoms with van der Waals surface area (Å²) in [5, 5.41) is 0. The van der Waals surface area contributed by atoms with Gasteiger partial charge >= 0.3 is 0 Å². The van der Waals surface area contributed by atoms with E-state index in [-0.39, 0.29) is 5.56 Å². The molecule has 5 heteroatoms. The molecule has 0 aliphatic rings. The summed E-state index contributed by atoms with van der Waals surface area (Å²) >= 11 is 0. The maximum absolute atomic E-state index is 14.1. The molecule has 0 spiro atoms. The van der Waals surface area contributed by atoms with Crippen LogP contribution in [0.25, 0.3) is 0 Å². The monoisotopic (exact) mass is 483 g/mol. The van der Waals surface area contributed by atoms with E-state index in [9.17, 15) is 18.0 Å². The van der Waals surface area contributed by atoms with E-state index in [1.165, 1.54) is 83.5 Å². The molecule has 0 unspecified atom stereocenters. The minimum Gasteiger partial charge on any atom is -0.339 e.